The zero-order valence-electron chi connectivity index (χ0n) is 20.1. The summed E-state index contributed by atoms with van der Waals surface area (Å²) in [6.45, 7) is 8.99. The van der Waals surface area contributed by atoms with Gasteiger partial charge in [-0.2, -0.15) is 0 Å². The van der Waals surface area contributed by atoms with Gasteiger partial charge in [0.1, 0.15) is 11.6 Å². The second-order valence-electron chi connectivity index (χ2n) is 8.63. The molecule has 1 rings (SSSR count). The van der Waals surface area contributed by atoms with Crippen LogP contribution < -0.4 is 10.0 Å². The summed E-state index contributed by atoms with van der Waals surface area (Å²) in [5, 5.41) is 2.69. The molecule has 186 valence electrons. The lowest BCUT2D eigenvalue weighted by molar-refractivity contribution is -0.157. The third kappa shape index (κ3) is 12.4. The van der Waals surface area contributed by atoms with Crippen molar-refractivity contribution < 1.29 is 32.3 Å². The second-order valence-corrected chi connectivity index (χ2v) is 10.5. The van der Waals surface area contributed by atoms with Crippen LogP contribution in [-0.4, -0.2) is 50.3 Å². The molecule has 9 nitrogen and oxygen atoms in total. The van der Waals surface area contributed by atoms with Gasteiger partial charge in [-0.3, -0.25) is 14.4 Å². The second kappa shape index (κ2) is 13.3. The van der Waals surface area contributed by atoms with Crippen molar-refractivity contribution >= 4 is 33.6 Å². The van der Waals surface area contributed by atoms with Gasteiger partial charge in [-0.05, 0) is 58.2 Å². The lowest BCUT2D eigenvalue weighted by Crippen LogP contribution is -2.46. The lowest BCUT2D eigenvalue weighted by atomic mass is 10.1. The average molecular weight is 485 g/mol. The Kier molecular flexibility index (Phi) is 11.5. The maximum Gasteiger partial charge on any atom is 0.325 e. The van der Waals surface area contributed by atoms with Gasteiger partial charge in [-0.15, -0.1) is 0 Å². The normalized spacial score (nSPS) is 12.6. The van der Waals surface area contributed by atoms with Gasteiger partial charge in [0.15, 0.2) is 0 Å². The Hall–Kier alpha value is -2.46. The first-order valence-electron chi connectivity index (χ1n) is 11.1. The highest BCUT2D eigenvalue weighted by molar-refractivity contribution is 7.89. The minimum absolute atomic E-state index is 0.000836. The minimum atomic E-state index is -3.65. The van der Waals surface area contributed by atoms with Crippen LogP contribution >= 0.6 is 0 Å². The van der Waals surface area contributed by atoms with Crippen molar-refractivity contribution in [2.45, 2.75) is 78.4 Å². The average Bonchev–Trinajstić information content (AvgIpc) is 2.70. The topological polar surface area (TPSA) is 128 Å². The van der Waals surface area contributed by atoms with Crippen LogP contribution in [-0.2, 0) is 40.3 Å². The molecule has 1 aromatic rings. The zero-order valence-corrected chi connectivity index (χ0v) is 20.9. The Morgan fingerprint density at radius 1 is 1.03 bits per heavy atom. The van der Waals surface area contributed by atoms with E-state index in [-0.39, 0.29) is 37.5 Å². The maximum absolute atomic E-state index is 12.7. The molecule has 0 saturated heterocycles. The van der Waals surface area contributed by atoms with Gasteiger partial charge in [0.25, 0.3) is 0 Å². The predicted octanol–water partition coefficient (Wildman–Crippen LogP) is 2.94. The van der Waals surface area contributed by atoms with Gasteiger partial charge in [0, 0.05) is 12.1 Å². The van der Waals surface area contributed by atoms with Crippen molar-refractivity contribution in [3.05, 3.63) is 29.8 Å². The van der Waals surface area contributed by atoms with E-state index in [1.807, 2.05) is 6.92 Å². The lowest BCUT2D eigenvalue weighted by Gasteiger charge is -2.24. The highest BCUT2D eigenvalue weighted by Gasteiger charge is 2.29. The molecular formula is C23H36N2O7S. The number of benzene rings is 1. The summed E-state index contributed by atoms with van der Waals surface area (Å²) in [5.74, 6) is -1.48. The standard InChI is InChI=1S/C23H36N2O7S/c1-6-8-15-33(29,30)25-19(22(28)32-23(3,4)5)16-17-9-11-18(12-10-17)24-20(26)13-14-21(27)31-7-2/h9-12,19,25H,6-8,13-16H2,1-5H3,(H,24,26)/t19-/m0/s1. The number of carbonyl (C=O) groups excluding carboxylic acids is 3. The van der Waals surface area contributed by atoms with Crippen LogP contribution in [0.1, 0.15) is 65.9 Å². The fourth-order valence-corrected chi connectivity index (χ4v) is 4.19. The van der Waals surface area contributed by atoms with E-state index in [0.717, 1.165) is 0 Å². The summed E-state index contributed by atoms with van der Waals surface area (Å²) in [7, 11) is -3.65. The first-order valence-corrected chi connectivity index (χ1v) is 12.8. The SMILES string of the molecule is CCCCS(=O)(=O)N[C@@H](Cc1ccc(NC(=O)CCC(=O)OCC)cc1)C(=O)OC(C)(C)C. The minimum Gasteiger partial charge on any atom is -0.466 e. The molecule has 10 heteroatoms. The van der Waals surface area contributed by atoms with Gasteiger partial charge < -0.3 is 14.8 Å². The summed E-state index contributed by atoms with van der Waals surface area (Å²) in [6, 6.07) is 5.61. The fourth-order valence-electron chi connectivity index (χ4n) is 2.79. The van der Waals surface area contributed by atoms with Gasteiger partial charge in [-0.1, -0.05) is 25.5 Å². The number of rotatable bonds is 13. The first kappa shape index (κ1) is 28.6. The summed E-state index contributed by atoms with van der Waals surface area (Å²) in [6.07, 6.45) is 1.29. The molecule has 0 fully saturated rings. The summed E-state index contributed by atoms with van der Waals surface area (Å²) in [5.41, 5.74) is 0.445. The van der Waals surface area contributed by atoms with Gasteiger partial charge in [0.05, 0.1) is 18.8 Å². The van der Waals surface area contributed by atoms with E-state index in [4.69, 9.17) is 9.47 Å². The number of esters is 2. The first-order chi connectivity index (χ1) is 15.3. The number of nitrogens with one attached hydrogen (secondary N) is 2. The molecule has 0 bridgehead atoms. The van der Waals surface area contributed by atoms with E-state index in [2.05, 4.69) is 10.0 Å². The highest BCUT2D eigenvalue weighted by atomic mass is 32.2. The molecule has 2 N–H and O–H groups in total. The quantitative estimate of drug-likeness (QED) is 0.412. The maximum atomic E-state index is 12.7. The van der Waals surface area contributed by atoms with Crippen LogP contribution in [0.4, 0.5) is 5.69 Å². The van der Waals surface area contributed by atoms with E-state index in [9.17, 15) is 22.8 Å². The van der Waals surface area contributed by atoms with E-state index < -0.39 is 33.6 Å². The van der Waals surface area contributed by atoms with Crippen molar-refractivity contribution in [1.29, 1.82) is 0 Å². The molecule has 0 aliphatic carbocycles. The van der Waals surface area contributed by atoms with Crippen molar-refractivity contribution in [2.75, 3.05) is 17.7 Å². The third-order valence-corrected chi connectivity index (χ3v) is 5.79. The number of hydrogen-bond acceptors (Lipinski definition) is 7. The van der Waals surface area contributed by atoms with Gasteiger partial charge in [-0.25, -0.2) is 13.1 Å². The monoisotopic (exact) mass is 484 g/mol. The summed E-state index contributed by atoms with van der Waals surface area (Å²) in [4.78, 5) is 36.0. The largest absolute Gasteiger partial charge is 0.466 e. The van der Waals surface area contributed by atoms with E-state index in [1.54, 1.807) is 52.0 Å². The van der Waals surface area contributed by atoms with Crippen LogP contribution in [0.15, 0.2) is 24.3 Å². The van der Waals surface area contributed by atoms with Crippen molar-refractivity contribution in [1.82, 2.24) is 4.72 Å². The number of ether oxygens (including phenoxy) is 2. The molecule has 33 heavy (non-hydrogen) atoms. The van der Waals surface area contributed by atoms with Crippen molar-refractivity contribution in [3.8, 4) is 0 Å². The van der Waals surface area contributed by atoms with E-state index in [0.29, 0.717) is 24.1 Å². The summed E-state index contributed by atoms with van der Waals surface area (Å²) < 4.78 is 37.4. The molecule has 0 saturated carbocycles. The van der Waals surface area contributed by atoms with Gasteiger partial charge >= 0.3 is 11.9 Å². The molecule has 0 heterocycles. The number of hydrogen-bond donors (Lipinski definition) is 2. The number of anilines is 1. The van der Waals surface area contributed by atoms with E-state index >= 15 is 0 Å². The highest BCUT2D eigenvalue weighted by Crippen LogP contribution is 2.15. The number of carbonyl (C=O) groups is 3. The molecule has 0 aliphatic rings. The molecule has 1 amide bonds. The van der Waals surface area contributed by atoms with Crippen molar-refractivity contribution in [3.63, 3.8) is 0 Å². The fraction of sp³-hybridized carbons (Fsp3) is 0.609. The number of sulfonamides is 1. The molecular weight excluding hydrogens is 448 g/mol. The number of amides is 1. The Balaban J connectivity index is 2.83. The predicted molar refractivity (Wildman–Crippen MR) is 126 cm³/mol. The molecule has 0 aromatic heterocycles. The van der Waals surface area contributed by atoms with Crippen LogP contribution in [0, 0.1) is 0 Å². The molecule has 0 radical (unpaired) electrons. The molecule has 1 atom stereocenters. The van der Waals surface area contributed by atoms with E-state index in [1.165, 1.54) is 0 Å². The molecule has 0 unspecified atom stereocenters. The zero-order chi connectivity index (χ0) is 25.1. The summed E-state index contributed by atoms with van der Waals surface area (Å²) >= 11 is 0. The van der Waals surface area contributed by atoms with Crippen LogP contribution in [0.25, 0.3) is 0 Å². The Morgan fingerprint density at radius 2 is 1.67 bits per heavy atom. The number of unbranched alkanes of at least 4 members (excludes halogenated alkanes) is 1. The van der Waals surface area contributed by atoms with Crippen LogP contribution in [0.2, 0.25) is 0 Å². The van der Waals surface area contributed by atoms with Crippen LogP contribution in [0.5, 0.6) is 0 Å². The van der Waals surface area contributed by atoms with Crippen LogP contribution in [0.3, 0.4) is 0 Å². The van der Waals surface area contributed by atoms with Gasteiger partial charge in [0.2, 0.25) is 15.9 Å². The molecule has 0 aliphatic heterocycles. The Bertz CT molecular complexity index is 890. The Morgan fingerprint density at radius 3 is 2.21 bits per heavy atom. The smallest absolute Gasteiger partial charge is 0.325 e. The third-order valence-electron chi connectivity index (χ3n) is 4.32. The molecule has 1 aromatic carbocycles. The van der Waals surface area contributed by atoms with Crippen molar-refractivity contribution in [2.24, 2.45) is 0 Å². The molecule has 0 spiro atoms. The Labute approximate surface area is 196 Å².